The minimum atomic E-state index is -0.753. The molecule has 162 valence electrons. The fraction of sp³-hybridized carbons (Fsp3) is 0.261. The highest BCUT2D eigenvalue weighted by Gasteiger charge is 2.15. The lowest BCUT2D eigenvalue weighted by molar-refractivity contribution is -0.128. The zero-order chi connectivity index (χ0) is 22.6. The fourth-order valence-electron chi connectivity index (χ4n) is 2.56. The van der Waals surface area contributed by atoms with Gasteiger partial charge < -0.3 is 19.5 Å². The minimum absolute atomic E-state index is 0.127. The van der Waals surface area contributed by atoms with E-state index in [0.717, 1.165) is 5.56 Å². The van der Waals surface area contributed by atoms with Crippen molar-refractivity contribution in [2.45, 2.75) is 19.4 Å². The molecular formula is C23H25N3O5. The normalized spacial score (nSPS) is 11.3. The summed E-state index contributed by atoms with van der Waals surface area (Å²) in [7, 11) is 3.09. The van der Waals surface area contributed by atoms with Crippen molar-refractivity contribution < 1.29 is 23.8 Å². The maximum atomic E-state index is 12.2. The maximum Gasteiger partial charge on any atom is 0.262 e. The molecule has 0 aromatic heterocycles. The second kappa shape index (κ2) is 11.9. The summed E-state index contributed by atoms with van der Waals surface area (Å²) >= 11 is 0. The van der Waals surface area contributed by atoms with Gasteiger partial charge in [0.05, 0.1) is 26.9 Å². The molecule has 2 rings (SSSR count). The van der Waals surface area contributed by atoms with E-state index in [9.17, 15) is 9.59 Å². The van der Waals surface area contributed by atoms with Crippen molar-refractivity contribution >= 4 is 18.0 Å². The van der Waals surface area contributed by atoms with Gasteiger partial charge in [0.2, 0.25) is 5.91 Å². The van der Waals surface area contributed by atoms with Crippen molar-refractivity contribution in [1.82, 2.24) is 10.7 Å². The summed E-state index contributed by atoms with van der Waals surface area (Å²) in [6.45, 7) is 1.71. The number of methoxy groups -OCH3 is 2. The highest BCUT2D eigenvalue weighted by Crippen LogP contribution is 2.27. The van der Waals surface area contributed by atoms with Crippen molar-refractivity contribution in [2.75, 3.05) is 20.8 Å². The second-order valence-electron chi connectivity index (χ2n) is 6.45. The zero-order valence-electron chi connectivity index (χ0n) is 17.7. The molecule has 0 aliphatic heterocycles. The number of nitrogens with zero attached hydrogens (tertiary/aromatic N) is 1. The topological polar surface area (TPSA) is 98.2 Å². The van der Waals surface area contributed by atoms with Gasteiger partial charge in [-0.3, -0.25) is 9.59 Å². The third kappa shape index (κ3) is 7.40. The van der Waals surface area contributed by atoms with E-state index in [-0.39, 0.29) is 18.9 Å². The van der Waals surface area contributed by atoms with Crippen molar-refractivity contribution in [3.8, 4) is 29.6 Å². The van der Waals surface area contributed by atoms with E-state index in [2.05, 4.69) is 21.8 Å². The summed E-state index contributed by atoms with van der Waals surface area (Å²) < 4.78 is 15.7. The lowest BCUT2D eigenvalue weighted by atomic mass is 10.1. The number of carbonyl (C=O) groups excluding carboxylic acids is 2. The van der Waals surface area contributed by atoms with Gasteiger partial charge >= 0.3 is 0 Å². The fourth-order valence-corrected chi connectivity index (χ4v) is 2.56. The quantitative estimate of drug-likeness (QED) is 0.346. The van der Waals surface area contributed by atoms with Crippen LogP contribution in [0.25, 0.3) is 0 Å². The third-order valence-electron chi connectivity index (χ3n) is 4.18. The van der Waals surface area contributed by atoms with Crippen LogP contribution in [0.15, 0.2) is 47.6 Å². The number of nitrogens with one attached hydrogen (secondary N) is 2. The van der Waals surface area contributed by atoms with Gasteiger partial charge in [0.15, 0.2) is 11.5 Å². The van der Waals surface area contributed by atoms with E-state index in [4.69, 9.17) is 20.6 Å². The highest BCUT2D eigenvalue weighted by molar-refractivity contribution is 5.89. The molecule has 0 radical (unpaired) electrons. The molecule has 0 saturated carbocycles. The van der Waals surface area contributed by atoms with Crippen LogP contribution in [-0.2, 0) is 16.0 Å². The van der Waals surface area contributed by atoms with E-state index >= 15 is 0 Å². The lowest BCUT2D eigenvalue weighted by Gasteiger charge is -2.12. The number of hydrogen-bond donors (Lipinski definition) is 2. The van der Waals surface area contributed by atoms with Gasteiger partial charge in [-0.05, 0) is 48.4 Å². The number of terminal acetylenes is 1. The predicted octanol–water partition coefficient (Wildman–Crippen LogP) is 1.91. The molecule has 8 heteroatoms. The van der Waals surface area contributed by atoms with Crippen LogP contribution in [0.1, 0.15) is 18.1 Å². The maximum absolute atomic E-state index is 12.2. The Kier molecular flexibility index (Phi) is 8.92. The standard InChI is InChI=1S/C23H25N3O5/c1-5-12-31-20-11-8-18(13-21(20)30-4)15-24-26-23(28)16(2)25-22(27)14-17-6-9-19(29-3)10-7-17/h1,6-11,13,15-16H,12,14H2,2-4H3,(H,25,27)(H,26,28). The van der Waals surface area contributed by atoms with Gasteiger partial charge in [-0.25, -0.2) is 5.43 Å². The molecule has 0 saturated heterocycles. The largest absolute Gasteiger partial charge is 0.497 e. The first kappa shape index (κ1) is 23.3. The number of rotatable bonds is 10. The summed E-state index contributed by atoms with van der Waals surface area (Å²) in [5, 5.41) is 6.56. The second-order valence-corrected chi connectivity index (χ2v) is 6.45. The monoisotopic (exact) mass is 423 g/mol. The molecule has 0 bridgehead atoms. The molecule has 2 N–H and O–H groups in total. The molecule has 1 atom stereocenters. The Balaban J connectivity index is 1.85. The molecule has 0 spiro atoms. The van der Waals surface area contributed by atoms with Gasteiger partial charge in [0.1, 0.15) is 18.4 Å². The summed E-state index contributed by atoms with van der Waals surface area (Å²) in [4.78, 5) is 24.3. The lowest BCUT2D eigenvalue weighted by Crippen LogP contribution is -2.43. The molecule has 8 nitrogen and oxygen atoms in total. The van der Waals surface area contributed by atoms with Crippen molar-refractivity contribution in [3.63, 3.8) is 0 Å². The van der Waals surface area contributed by atoms with Crippen LogP contribution in [0.4, 0.5) is 0 Å². The molecule has 0 fully saturated rings. The molecule has 2 amide bonds. The molecular weight excluding hydrogens is 398 g/mol. The van der Waals surface area contributed by atoms with E-state index in [0.29, 0.717) is 22.8 Å². The molecule has 0 aliphatic carbocycles. The Labute approximate surface area is 181 Å². The van der Waals surface area contributed by atoms with Gasteiger partial charge in [0, 0.05) is 0 Å². The first-order valence-electron chi connectivity index (χ1n) is 9.46. The third-order valence-corrected chi connectivity index (χ3v) is 4.18. The van der Waals surface area contributed by atoms with Crippen LogP contribution in [0.5, 0.6) is 17.2 Å². The number of benzene rings is 2. The molecule has 0 aliphatic rings. The molecule has 1 unspecified atom stereocenters. The number of hydrogen-bond acceptors (Lipinski definition) is 6. The molecule has 31 heavy (non-hydrogen) atoms. The van der Waals surface area contributed by atoms with Gasteiger partial charge in [-0.1, -0.05) is 18.1 Å². The summed E-state index contributed by atoms with van der Waals surface area (Å²) in [6, 6.07) is 11.5. The number of amides is 2. The van der Waals surface area contributed by atoms with Crippen LogP contribution in [-0.4, -0.2) is 44.9 Å². The number of hydrazone groups is 1. The average Bonchev–Trinajstić information content (AvgIpc) is 2.78. The predicted molar refractivity (Wildman–Crippen MR) is 117 cm³/mol. The Bertz CT molecular complexity index is 964. The Morgan fingerprint density at radius 3 is 2.52 bits per heavy atom. The van der Waals surface area contributed by atoms with E-state index in [1.807, 2.05) is 0 Å². The van der Waals surface area contributed by atoms with E-state index in [1.165, 1.54) is 13.3 Å². The zero-order valence-corrected chi connectivity index (χ0v) is 17.7. The van der Waals surface area contributed by atoms with E-state index in [1.54, 1.807) is 56.5 Å². The summed E-state index contributed by atoms with van der Waals surface area (Å²) in [5.41, 5.74) is 3.90. The Hall–Kier alpha value is -3.99. The number of carbonyl (C=O) groups is 2. The first-order valence-corrected chi connectivity index (χ1v) is 9.46. The summed E-state index contributed by atoms with van der Waals surface area (Å²) in [6.07, 6.45) is 6.79. The highest BCUT2D eigenvalue weighted by atomic mass is 16.5. The van der Waals surface area contributed by atoms with Crippen molar-refractivity contribution in [2.24, 2.45) is 5.10 Å². The summed E-state index contributed by atoms with van der Waals surface area (Å²) in [5.74, 6) is 3.38. The Morgan fingerprint density at radius 2 is 1.87 bits per heavy atom. The van der Waals surface area contributed by atoms with Crippen LogP contribution in [0.2, 0.25) is 0 Å². The van der Waals surface area contributed by atoms with Crippen LogP contribution in [0.3, 0.4) is 0 Å². The smallest absolute Gasteiger partial charge is 0.262 e. The first-order chi connectivity index (χ1) is 15.0. The van der Waals surface area contributed by atoms with Crippen LogP contribution in [0, 0.1) is 12.3 Å². The minimum Gasteiger partial charge on any atom is -0.497 e. The van der Waals surface area contributed by atoms with Crippen LogP contribution >= 0.6 is 0 Å². The van der Waals surface area contributed by atoms with Gasteiger partial charge in [-0.2, -0.15) is 5.10 Å². The average molecular weight is 423 g/mol. The molecule has 2 aromatic carbocycles. The van der Waals surface area contributed by atoms with E-state index < -0.39 is 11.9 Å². The van der Waals surface area contributed by atoms with Crippen molar-refractivity contribution in [1.29, 1.82) is 0 Å². The molecule has 2 aromatic rings. The van der Waals surface area contributed by atoms with Gasteiger partial charge in [-0.15, -0.1) is 6.42 Å². The van der Waals surface area contributed by atoms with Crippen LogP contribution < -0.4 is 25.0 Å². The SMILES string of the molecule is C#CCOc1ccc(C=NNC(=O)C(C)NC(=O)Cc2ccc(OC)cc2)cc1OC. The van der Waals surface area contributed by atoms with Gasteiger partial charge in [0.25, 0.3) is 5.91 Å². The van der Waals surface area contributed by atoms with Crippen molar-refractivity contribution in [3.05, 3.63) is 53.6 Å². The Morgan fingerprint density at radius 1 is 1.13 bits per heavy atom. The number of ether oxygens (including phenoxy) is 3. The molecule has 0 heterocycles.